The zero-order chi connectivity index (χ0) is 9.68. The van der Waals surface area contributed by atoms with E-state index in [1.807, 2.05) is 38.1 Å². The molecule has 0 unspecified atom stereocenters. The van der Waals surface area contributed by atoms with Crippen molar-refractivity contribution in [2.45, 2.75) is 18.7 Å². The Kier molecular flexibility index (Phi) is 3.83. The maximum atomic E-state index is 11.2. The van der Waals surface area contributed by atoms with Crippen LogP contribution in [0.4, 0.5) is 4.79 Å². The topological polar surface area (TPSA) is 29.1 Å². The number of aryl methyl sites for hydroxylation is 1. The maximum Gasteiger partial charge on any atom is 0.283 e. The molecule has 0 bridgehead atoms. The van der Waals surface area contributed by atoms with Gasteiger partial charge in [-0.2, -0.15) is 0 Å². The predicted octanol–water partition coefficient (Wildman–Crippen LogP) is 2.82. The summed E-state index contributed by atoms with van der Waals surface area (Å²) in [6.45, 7) is 4.61. The van der Waals surface area contributed by atoms with E-state index >= 15 is 0 Å². The molecule has 0 spiro atoms. The van der Waals surface area contributed by atoms with Crippen LogP contribution in [-0.2, 0) is 0 Å². The van der Waals surface area contributed by atoms with Gasteiger partial charge in [0, 0.05) is 11.4 Å². The molecule has 0 saturated carbocycles. The molecule has 1 amide bonds. The fourth-order valence-corrected chi connectivity index (χ4v) is 1.79. The minimum Gasteiger partial charge on any atom is -0.347 e. The van der Waals surface area contributed by atoms with Crippen LogP contribution in [-0.4, -0.2) is 11.8 Å². The highest BCUT2D eigenvalue weighted by molar-refractivity contribution is 8.13. The first-order valence-electron chi connectivity index (χ1n) is 4.24. The third kappa shape index (κ3) is 3.51. The van der Waals surface area contributed by atoms with E-state index in [9.17, 15) is 4.79 Å². The molecule has 0 aromatic heterocycles. The van der Waals surface area contributed by atoms with Gasteiger partial charge in [0.15, 0.2) is 0 Å². The van der Waals surface area contributed by atoms with Gasteiger partial charge in [-0.15, -0.1) is 0 Å². The molecule has 1 aromatic carbocycles. The monoisotopic (exact) mass is 195 g/mol. The van der Waals surface area contributed by atoms with Gasteiger partial charge in [0.2, 0.25) is 0 Å². The lowest BCUT2D eigenvalue weighted by molar-refractivity contribution is 0.261. The summed E-state index contributed by atoms with van der Waals surface area (Å²) < 4.78 is 0. The van der Waals surface area contributed by atoms with E-state index in [4.69, 9.17) is 0 Å². The Morgan fingerprint density at radius 3 is 2.92 bits per heavy atom. The van der Waals surface area contributed by atoms with Gasteiger partial charge < -0.3 is 5.32 Å². The molecule has 3 heteroatoms. The van der Waals surface area contributed by atoms with Crippen molar-refractivity contribution < 1.29 is 4.79 Å². The van der Waals surface area contributed by atoms with Gasteiger partial charge in [0.1, 0.15) is 0 Å². The molecule has 13 heavy (non-hydrogen) atoms. The van der Waals surface area contributed by atoms with E-state index in [0.29, 0.717) is 6.54 Å². The Labute approximate surface area is 82.7 Å². The molecule has 0 aliphatic carbocycles. The number of hydrogen-bond acceptors (Lipinski definition) is 2. The first-order chi connectivity index (χ1) is 6.22. The molecule has 0 atom stereocenters. The van der Waals surface area contributed by atoms with E-state index < -0.39 is 0 Å². The van der Waals surface area contributed by atoms with Crippen molar-refractivity contribution in [2.24, 2.45) is 0 Å². The Hall–Kier alpha value is -0.960. The van der Waals surface area contributed by atoms with Gasteiger partial charge in [0.25, 0.3) is 5.24 Å². The van der Waals surface area contributed by atoms with Crippen molar-refractivity contribution in [1.29, 1.82) is 0 Å². The summed E-state index contributed by atoms with van der Waals surface area (Å²) in [6.07, 6.45) is 0. The van der Waals surface area contributed by atoms with Crippen LogP contribution in [0.5, 0.6) is 0 Å². The number of amides is 1. The average Bonchev–Trinajstić information content (AvgIpc) is 2.04. The summed E-state index contributed by atoms with van der Waals surface area (Å²) in [5, 5.41) is 2.74. The highest BCUT2D eigenvalue weighted by atomic mass is 32.2. The Morgan fingerprint density at radius 1 is 1.54 bits per heavy atom. The third-order valence-corrected chi connectivity index (χ3v) is 2.34. The highest BCUT2D eigenvalue weighted by Crippen LogP contribution is 2.19. The van der Waals surface area contributed by atoms with Crippen LogP contribution in [0.3, 0.4) is 0 Å². The minimum atomic E-state index is 0.00750. The molecule has 0 saturated heterocycles. The Bertz CT molecular complexity index is 299. The number of carbonyl (C=O) groups excluding carboxylic acids is 1. The number of hydrogen-bond donors (Lipinski definition) is 1. The molecule has 0 aliphatic heterocycles. The van der Waals surface area contributed by atoms with E-state index in [-0.39, 0.29) is 5.24 Å². The van der Waals surface area contributed by atoms with Crippen LogP contribution < -0.4 is 5.32 Å². The number of thioether (sulfide) groups is 1. The summed E-state index contributed by atoms with van der Waals surface area (Å²) in [4.78, 5) is 12.2. The lowest BCUT2D eigenvalue weighted by Gasteiger charge is -2.01. The smallest absolute Gasteiger partial charge is 0.283 e. The molecular formula is C10H13NOS. The van der Waals surface area contributed by atoms with Crippen LogP contribution in [0.2, 0.25) is 0 Å². The second kappa shape index (κ2) is 4.92. The number of benzene rings is 1. The first kappa shape index (κ1) is 10.1. The normalized spacial score (nSPS) is 9.69. The van der Waals surface area contributed by atoms with E-state index in [1.165, 1.54) is 17.3 Å². The van der Waals surface area contributed by atoms with E-state index in [0.717, 1.165) is 4.90 Å². The standard InChI is InChI=1S/C10H13NOS/c1-3-11-10(12)13-9-6-4-5-8(2)7-9/h4-7H,3H2,1-2H3,(H,11,12). The van der Waals surface area contributed by atoms with Crippen molar-refractivity contribution in [3.8, 4) is 0 Å². The fraction of sp³-hybridized carbons (Fsp3) is 0.300. The van der Waals surface area contributed by atoms with Crippen LogP contribution in [0.15, 0.2) is 29.2 Å². The van der Waals surface area contributed by atoms with E-state index in [1.54, 1.807) is 0 Å². The molecule has 1 N–H and O–H groups in total. The fourth-order valence-electron chi connectivity index (χ4n) is 0.966. The van der Waals surface area contributed by atoms with Crippen LogP contribution in [0.1, 0.15) is 12.5 Å². The SMILES string of the molecule is CCNC(=O)Sc1cccc(C)c1. The summed E-state index contributed by atoms with van der Waals surface area (Å²) in [5.41, 5.74) is 1.18. The van der Waals surface area contributed by atoms with Gasteiger partial charge in [-0.3, -0.25) is 4.79 Å². The van der Waals surface area contributed by atoms with Gasteiger partial charge in [-0.1, -0.05) is 17.7 Å². The second-order valence-corrected chi connectivity index (χ2v) is 3.78. The van der Waals surface area contributed by atoms with Crippen molar-refractivity contribution in [1.82, 2.24) is 5.32 Å². The average molecular weight is 195 g/mol. The highest BCUT2D eigenvalue weighted by Gasteiger charge is 2.01. The summed E-state index contributed by atoms with van der Waals surface area (Å²) in [6, 6.07) is 7.91. The zero-order valence-electron chi connectivity index (χ0n) is 7.83. The van der Waals surface area contributed by atoms with Crippen LogP contribution in [0, 0.1) is 6.92 Å². The van der Waals surface area contributed by atoms with Gasteiger partial charge in [-0.25, -0.2) is 0 Å². The van der Waals surface area contributed by atoms with Crippen molar-refractivity contribution in [3.05, 3.63) is 29.8 Å². The third-order valence-electron chi connectivity index (χ3n) is 1.52. The zero-order valence-corrected chi connectivity index (χ0v) is 8.65. The van der Waals surface area contributed by atoms with Crippen LogP contribution >= 0.6 is 11.8 Å². The largest absolute Gasteiger partial charge is 0.347 e. The second-order valence-electron chi connectivity index (χ2n) is 2.74. The van der Waals surface area contributed by atoms with Gasteiger partial charge >= 0.3 is 0 Å². The molecule has 1 aromatic rings. The lowest BCUT2D eigenvalue weighted by Crippen LogP contribution is -2.17. The Morgan fingerprint density at radius 2 is 2.31 bits per heavy atom. The maximum absolute atomic E-state index is 11.2. The number of rotatable bonds is 2. The minimum absolute atomic E-state index is 0.00750. The molecule has 0 radical (unpaired) electrons. The van der Waals surface area contributed by atoms with Crippen molar-refractivity contribution in [2.75, 3.05) is 6.54 Å². The molecular weight excluding hydrogens is 182 g/mol. The molecule has 0 fully saturated rings. The number of nitrogens with one attached hydrogen (secondary N) is 1. The van der Waals surface area contributed by atoms with Gasteiger partial charge in [0.05, 0.1) is 0 Å². The molecule has 70 valence electrons. The van der Waals surface area contributed by atoms with Gasteiger partial charge in [-0.05, 0) is 37.7 Å². The lowest BCUT2D eigenvalue weighted by atomic mass is 10.2. The van der Waals surface area contributed by atoms with Crippen molar-refractivity contribution in [3.63, 3.8) is 0 Å². The molecule has 0 heterocycles. The quantitative estimate of drug-likeness (QED) is 0.735. The van der Waals surface area contributed by atoms with E-state index in [2.05, 4.69) is 5.32 Å². The number of carbonyl (C=O) groups is 1. The summed E-state index contributed by atoms with van der Waals surface area (Å²) >= 11 is 1.23. The molecule has 1 rings (SSSR count). The Balaban J connectivity index is 2.58. The first-order valence-corrected chi connectivity index (χ1v) is 5.06. The van der Waals surface area contributed by atoms with Crippen LogP contribution in [0.25, 0.3) is 0 Å². The van der Waals surface area contributed by atoms with Crippen molar-refractivity contribution >= 4 is 17.0 Å². The summed E-state index contributed by atoms with van der Waals surface area (Å²) in [7, 11) is 0. The summed E-state index contributed by atoms with van der Waals surface area (Å²) in [5.74, 6) is 0. The predicted molar refractivity (Wildman–Crippen MR) is 56.1 cm³/mol. The molecule has 2 nitrogen and oxygen atoms in total. The molecule has 0 aliphatic rings.